The predicted octanol–water partition coefficient (Wildman–Crippen LogP) is 1.34. The highest BCUT2D eigenvalue weighted by atomic mass is 32.2. The van der Waals surface area contributed by atoms with E-state index >= 15 is 0 Å². The van der Waals surface area contributed by atoms with Gasteiger partial charge in [-0.25, -0.2) is 8.42 Å². The predicted molar refractivity (Wildman–Crippen MR) is 70.9 cm³/mol. The second-order valence-electron chi connectivity index (χ2n) is 5.13. The summed E-state index contributed by atoms with van der Waals surface area (Å²) in [5.41, 5.74) is 3.37. The summed E-state index contributed by atoms with van der Waals surface area (Å²) in [6.07, 6.45) is 2.03. The summed E-state index contributed by atoms with van der Waals surface area (Å²) in [5, 5.41) is 4.62. The summed E-state index contributed by atoms with van der Waals surface area (Å²) >= 11 is 0. The molecule has 0 aromatic carbocycles. The van der Waals surface area contributed by atoms with Crippen molar-refractivity contribution in [1.29, 1.82) is 0 Å². The molecule has 1 aliphatic rings. The van der Waals surface area contributed by atoms with Crippen LogP contribution in [0.2, 0.25) is 0 Å². The number of sulfonamides is 1. The number of rotatable bonds is 3. The summed E-state index contributed by atoms with van der Waals surface area (Å²) < 4.78 is 26.9. The van der Waals surface area contributed by atoms with Crippen molar-refractivity contribution >= 4 is 10.0 Å². The van der Waals surface area contributed by atoms with Gasteiger partial charge in [-0.3, -0.25) is 4.68 Å². The molecule has 5 nitrogen and oxygen atoms in total. The quantitative estimate of drug-likeness (QED) is 0.833. The first-order valence-corrected chi connectivity index (χ1v) is 8.23. The molecular weight excluding hydrogens is 250 g/mol. The number of aromatic nitrogens is 2. The first-order valence-electron chi connectivity index (χ1n) is 6.38. The van der Waals surface area contributed by atoms with Gasteiger partial charge in [0.1, 0.15) is 0 Å². The number of nitrogens with zero attached hydrogens (tertiary/aromatic N) is 3. The molecule has 2 rings (SSSR count). The van der Waals surface area contributed by atoms with Crippen LogP contribution >= 0.6 is 0 Å². The second kappa shape index (κ2) is 4.66. The van der Waals surface area contributed by atoms with Crippen molar-refractivity contribution < 1.29 is 8.42 Å². The zero-order chi connectivity index (χ0) is 13.5. The minimum atomic E-state index is -3.11. The third kappa shape index (κ3) is 2.31. The molecule has 18 heavy (non-hydrogen) atoms. The van der Waals surface area contributed by atoms with E-state index in [9.17, 15) is 8.42 Å². The van der Waals surface area contributed by atoms with Crippen molar-refractivity contribution in [1.82, 2.24) is 14.1 Å². The largest absolute Gasteiger partial charge is 0.269 e. The molecule has 0 saturated heterocycles. The first kappa shape index (κ1) is 13.5. The summed E-state index contributed by atoms with van der Waals surface area (Å²) in [5.74, 6) is 0.325. The minimum absolute atomic E-state index is 0.325. The Morgan fingerprint density at radius 3 is 2.56 bits per heavy atom. The van der Waals surface area contributed by atoms with E-state index in [-0.39, 0.29) is 0 Å². The van der Waals surface area contributed by atoms with Crippen molar-refractivity contribution in [2.45, 2.75) is 46.2 Å². The van der Waals surface area contributed by atoms with E-state index in [2.05, 4.69) is 25.9 Å². The summed E-state index contributed by atoms with van der Waals surface area (Å²) in [4.78, 5) is 0. The fourth-order valence-electron chi connectivity index (χ4n) is 2.50. The van der Waals surface area contributed by atoms with Gasteiger partial charge < -0.3 is 0 Å². The molecule has 2 heterocycles. The van der Waals surface area contributed by atoms with Crippen molar-refractivity contribution in [3.63, 3.8) is 0 Å². The summed E-state index contributed by atoms with van der Waals surface area (Å²) in [6, 6.07) is 0. The Balaban J connectivity index is 2.44. The molecule has 0 saturated carbocycles. The maximum absolute atomic E-state index is 11.7. The average molecular weight is 271 g/mol. The van der Waals surface area contributed by atoms with E-state index in [1.54, 1.807) is 4.31 Å². The Morgan fingerprint density at radius 2 is 2.06 bits per heavy atom. The molecule has 0 fully saturated rings. The third-order valence-corrected chi connectivity index (χ3v) is 4.70. The van der Waals surface area contributed by atoms with Gasteiger partial charge in [0.05, 0.1) is 11.9 Å². The van der Waals surface area contributed by atoms with E-state index in [0.717, 1.165) is 24.2 Å². The van der Waals surface area contributed by atoms with E-state index in [1.165, 1.54) is 11.9 Å². The van der Waals surface area contributed by atoms with E-state index in [1.807, 2.05) is 4.68 Å². The third-order valence-electron chi connectivity index (χ3n) is 3.45. The van der Waals surface area contributed by atoms with Gasteiger partial charge in [-0.1, -0.05) is 13.8 Å². The molecule has 0 bridgehead atoms. The Bertz CT molecular complexity index is 546. The normalized spacial score (nSPS) is 17.2. The molecule has 1 aromatic rings. The highest BCUT2D eigenvalue weighted by Gasteiger charge is 2.29. The number of hydrogen-bond donors (Lipinski definition) is 0. The summed E-state index contributed by atoms with van der Waals surface area (Å²) in [6.45, 7) is 8.15. The van der Waals surface area contributed by atoms with Crippen LogP contribution in [-0.2, 0) is 29.5 Å². The first-order chi connectivity index (χ1) is 8.34. The molecule has 0 unspecified atom stereocenters. The molecule has 6 heteroatoms. The van der Waals surface area contributed by atoms with Crippen LogP contribution in [0.3, 0.4) is 0 Å². The highest BCUT2D eigenvalue weighted by Crippen LogP contribution is 2.28. The van der Waals surface area contributed by atoms with Crippen LogP contribution < -0.4 is 0 Å². The fourth-order valence-corrected chi connectivity index (χ4v) is 3.29. The highest BCUT2D eigenvalue weighted by molar-refractivity contribution is 7.88. The molecular formula is C12H21N3O2S. The van der Waals surface area contributed by atoms with Crippen molar-refractivity contribution in [3.8, 4) is 0 Å². The lowest BCUT2D eigenvalue weighted by Crippen LogP contribution is -2.35. The number of hydrogen-bond acceptors (Lipinski definition) is 3. The number of aryl methyl sites for hydroxylation is 1. The monoisotopic (exact) mass is 271 g/mol. The maximum atomic E-state index is 11.7. The second-order valence-corrected chi connectivity index (χ2v) is 7.11. The molecule has 0 N–H and O–H groups in total. The van der Waals surface area contributed by atoms with Gasteiger partial charge >= 0.3 is 0 Å². The van der Waals surface area contributed by atoms with Crippen LogP contribution in [0.15, 0.2) is 0 Å². The van der Waals surface area contributed by atoms with Crippen LogP contribution in [0.5, 0.6) is 0 Å². The minimum Gasteiger partial charge on any atom is -0.269 e. The lowest BCUT2D eigenvalue weighted by Gasteiger charge is -2.25. The van der Waals surface area contributed by atoms with Crippen LogP contribution in [-0.4, -0.2) is 35.3 Å². The van der Waals surface area contributed by atoms with E-state index < -0.39 is 10.0 Å². The molecule has 0 spiro atoms. The average Bonchev–Trinajstić information content (AvgIpc) is 2.65. The fraction of sp³-hybridized carbons (Fsp3) is 0.750. The van der Waals surface area contributed by atoms with Crippen LogP contribution in [0.4, 0.5) is 0 Å². The van der Waals surface area contributed by atoms with Gasteiger partial charge in [-0.05, 0) is 12.8 Å². The topological polar surface area (TPSA) is 55.2 Å². The molecule has 0 atom stereocenters. The lowest BCUT2D eigenvalue weighted by atomic mass is 10.0. The van der Waals surface area contributed by atoms with Crippen molar-refractivity contribution in [2.24, 2.45) is 0 Å². The van der Waals surface area contributed by atoms with Gasteiger partial charge in [0.25, 0.3) is 0 Å². The smallest absolute Gasteiger partial charge is 0.211 e. The maximum Gasteiger partial charge on any atom is 0.211 e. The van der Waals surface area contributed by atoms with E-state index in [0.29, 0.717) is 19.0 Å². The van der Waals surface area contributed by atoms with Gasteiger partial charge in [0.15, 0.2) is 0 Å². The Morgan fingerprint density at radius 1 is 1.39 bits per heavy atom. The SMILES string of the molecule is CCn1nc(C(C)C)c2c1CCN(S(C)(=O)=O)C2. The molecule has 0 aliphatic carbocycles. The number of fused-ring (bicyclic) bond motifs is 1. The van der Waals surface area contributed by atoms with Gasteiger partial charge in [0.2, 0.25) is 10.0 Å². The zero-order valence-corrected chi connectivity index (χ0v) is 12.3. The molecule has 0 radical (unpaired) electrons. The van der Waals surface area contributed by atoms with Gasteiger partial charge in [-0.2, -0.15) is 9.40 Å². The Hall–Kier alpha value is -0.880. The van der Waals surface area contributed by atoms with Crippen LogP contribution in [0.1, 0.15) is 43.6 Å². The van der Waals surface area contributed by atoms with Gasteiger partial charge in [-0.15, -0.1) is 0 Å². The summed E-state index contributed by atoms with van der Waals surface area (Å²) in [7, 11) is -3.11. The van der Waals surface area contributed by atoms with Gasteiger partial charge in [0, 0.05) is 37.3 Å². The van der Waals surface area contributed by atoms with Crippen molar-refractivity contribution in [3.05, 3.63) is 17.0 Å². The van der Waals surface area contributed by atoms with Crippen LogP contribution in [0, 0.1) is 0 Å². The van der Waals surface area contributed by atoms with E-state index in [4.69, 9.17) is 0 Å². The molecule has 1 aromatic heterocycles. The molecule has 0 amide bonds. The Labute approximate surface area is 109 Å². The van der Waals surface area contributed by atoms with Crippen molar-refractivity contribution in [2.75, 3.05) is 12.8 Å². The Kier molecular flexibility index (Phi) is 3.51. The molecule has 102 valence electrons. The standard InChI is InChI=1S/C12H21N3O2S/c1-5-15-11-6-7-14(18(4,16)17)8-10(11)12(13-15)9(2)3/h9H,5-8H2,1-4H3. The lowest BCUT2D eigenvalue weighted by molar-refractivity contribution is 0.386. The molecule has 1 aliphatic heterocycles. The zero-order valence-electron chi connectivity index (χ0n) is 11.5. The van der Waals surface area contributed by atoms with Crippen LogP contribution in [0.25, 0.3) is 0 Å².